The summed E-state index contributed by atoms with van der Waals surface area (Å²) in [7, 11) is -4.01. The van der Waals surface area contributed by atoms with Crippen molar-refractivity contribution < 1.29 is 13.2 Å². The van der Waals surface area contributed by atoms with Crippen LogP contribution in [0.3, 0.4) is 0 Å². The molecule has 2 fully saturated rings. The Morgan fingerprint density at radius 1 is 1.16 bits per heavy atom. The van der Waals surface area contributed by atoms with E-state index in [4.69, 9.17) is 23.2 Å². The van der Waals surface area contributed by atoms with Gasteiger partial charge in [-0.15, -0.1) is 6.58 Å². The number of carbonyl (C=O) groups excluding carboxylic acids is 1. The zero-order valence-corrected chi connectivity index (χ0v) is 19.2. The molecule has 1 amide bonds. The van der Waals surface area contributed by atoms with Crippen LogP contribution in [0.25, 0.3) is 0 Å². The highest BCUT2D eigenvalue weighted by molar-refractivity contribution is 7.89. The number of hydrogen-bond acceptors (Lipinski definition) is 4. The lowest BCUT2D eigenvalue weighted by atomic mass is 9.90. The molecule has 2 aromatic rings. The van der Waals surface area contributed by atoms with Gasteiger partial charge in [0.1, 0.15) is 6.04 Å². The van der Waals surface area contributed by atoms with Crippen LogP contribution in [0.5, 0.6) is 0 Å². The summed E-state index contributed by atoms with van der Waals surface area (Å²) in [5.74, 6) is -0.418. The highest BCUT2D eigenvalue weighted by Crippen LogP contribution is 2.38. The van der Waals surface area contributed by atoms with Gasteiger partial charge in [0, 0.05) is 34.7 Å². The summed E-state index contributed by atoms with van der Waals surface area (Å²) in [4.78, 5) is 19.6. The number of fused-ring (bicyclic) bond motifs is 2. The van der Waals surface area contributed by atoms with E-state index < -0.39 is 16.1 Å². The van der Waals surface area contributed by atoms with Crippen LogP contribution in [0.4, 0.5) is 0 Å². The van der Waals surface area contributed by atoms with E-state index in [0.29, 0.717) is 25.9 Å². The topological polar surface area (TPSA) is 70.6 Å². The zero-order valence-electron chi connectivity index (χ0n) is 16.8. The van der Waals surface area contributed by atoms with Crippen molar-refractivity contribution in [2.75, 3.05) is 6.54 Å². The standard InChI is InChI=1S/C22H23Cl2N3O3S/c1-2-15-13-26(14-18-6-3-4-9-25-18)22(28)21-8-5-7-20(15)27(21)31(29,30)19-11-16(23)10-17(24)12-19/h2-4,6,9-12,15,20-21H,1,5,7-8,13-14H2/t15-,20-,21+/m1/s1. The van der Waals surface area contributed by atoms with Gasteiger partial charge in [0.05, 0.1) is 17.1 Å². The fraction of sp³-hybridized carbons (Fsp3) is 0.364. The number of rotatable bonds is 5. The lowest BCUT2D eigenvalue weighted by molar-refractivity contribution is -0.135. The summed E-state index contributed by atoms with van der Waals surface area (Å²) in [5.41, 5.74) is 0.756. The first-order valence-electron chi connectivity index (χ1n) is 10.1. The molecule has 3 atom stereocenters. The molecule has 0 radical (unpaired) electrons. The SMILES string of the molecule is C=C[C@@H]1CN(Cc2ccccn2)C(=O)[C@@H]2CCC[C@H]1N2S(=O)(=O)c1cc(Cl)cc(Cl)c1. The second-order valence-electron chi connectivity index (χ2n) is 7.89. The number of halogens is 2. The summed E-state index contributed by atoms with van der Waals surface area (Å²) >= 11 is 12.2. The maximum absolute atomic E-state index is 13.7. The number of piperidine rings is 1. The Hall–Kier alpha value is -1.93. The third-order valence-electron chi connectivity index (χ3n) is 5.93. The predicted molar refractivity (Wildman–Crippen MR) is 120 cm³/mol. The van der Waals surface area contributed by atoms with E-state index in [1.54, 1.807) is 17.2 Å². The van der Waals surface area contributed by atoms with Crippen molar-refractivity contribution in [2.45, 2.75) is 42.8 Å². The van der Waals surface area contributed by atoms with Crippen LogP contribution >= 0.6 is 23.2 Å². The second kappa shape index (κ2) is 8.90. The van der Waals surface area contributed by atoms with Crippen molar-refractivity contribution in [1.29, 1.82) is 0 Å². The first-order chi connectivity index (χ1) is 14.8. The van der Waals surface area contributed by atoms with Gasteiger partial charge in [-0.25, -0.2) is 8.42 Å². The molecular weight excluding hydrogens is 457 g/mol. The number of hydrogen-bond donors (Lipinski definition) is 0. The molecule has 9 heteroatoms. The quantitative estimate of drug-likeness (QED) is 0.603. The van der Waals surface area contributed by atoms with Gasteiger partial charge in [0.2, 0.25) is 15.9 Å². The van der Waals surface area contributed by atoms with Gasteiger partial charge in [-0.2, -0.15) is 4.31 Å². The molecule has 0 saturated carbocycles. The predicted octanol–water partition coefficient (Wildman–Crippen LogP) is 4.14. The van der Waals surface area contributed by atoms with Crippen LogP contribution in [0.15, 0.2) is 60.1 Å². The number of pyridine rings is 1. The Balaban J connectivity index is 1.76. The number of sulfonamides is 1. The molecule has 164 valence electrons. The number of benzene rings is 1. The van der Waals surface area contributed by atoms with Gasteiger partial charge in [0.15, 0.2) is 0 Å². The normalized spacial score (nSPS) is 24.6. The highest BCUT2D eigenvalue weighted by atomic mass is 35.5. The molecule has 31 heavy (non-hydrogen) atoms. The number of carbonyl (C=O) groups is 1. The van der Waals surface area contributed by atoms with Crippen molar-refractivity contribution >= 4 is 39.1 Å². The van der Waals surface area contributed by atoms with Gasteiger partial charge in [-0.3, -0.25) is 9.78 Å². The van der Waals surface area contributed by atoms with Crippen molar-refractivity contribution in [3.63, 3.8) is 0 Å². The lowest BCUT2D eigenvalue weighted by Gasteiger charge is -2.40. The van der Waals surface area contributed by atoms with Gasteiger partial charge in [-0.05, 0) is 49.6 Å². The Kier molecular flexibility index (Phi) is 6.40. The Morgan fingerprint density at radius 3 is 2.55 bits per heavy atom. The molecule has 2 aliphatic rings. The molecule has 0 spiro atoms. The zero-order chi connectivity index (χ0) is 22.2. The van der Waals surface area contributed by atoms with E-state index in [1.807, 2.05) is 18.2 Å². The van der Waals surface area contributed by atoms with Crippen LogP contribution in [-0.4, -0.2) is 47.1 Å². The molecule has 0 aliphatic carbocycles. The maximum atomic E-state index is 13.7. The molecular formula is C22H23Cl2N3O3S. The van der Waals surface area contributed by atoms with Crippen molar-refractivity contribution in [3.8, 4) is 0 Å². The number of amides is 1. The molecule has 2 aliphatic heterocycles. The van der Waals surface area contributed by atoms with E-state index in [2.05, 4.69) is 11.6 Å². The maximum Gasteiger partial charge on any atom is 0.244 e. The second-order valence-corrected chi connectivity index (χ2v) is 10.6. The van der Waals surface area contributed by atoms with Gasteiger partial charge >= 0.3 is 0 Å². The summed E-state index contributed by atoms with van der Waals surface area (Å²) in [6.45, 7) is 4.65. The molecule has 3 heterocycles. The Bertz CT molecular complexity index is 1070. The van der Waals surface area contributed by atoms with Crippen LogP contribution in [-0.2, 0) is 21.4 Å². The van der Waals surface area contributed by atoms with E-state index in [9.17, 15) is 13.2 Å². The lowest BCUT2D eigenvalue weighted by Crippen LogP contribution is -2.54. The Labute approximate surface area is 192 Å². The van der Waals surface area contributed by atoms with Crippen LogP contribution in [0.2, 0.25) is 10.0 Å². The molecule has 0 N–H and O–H groups in total. The first-order valence-corrected chi connectivity index (χ1v) is 12.3. The third-order valence-corrected chi connectivity index (χ3v) is 8.28. The smallest absolute Gasteiger partial charge is 0.244 e. The number of aromatic nitrogens is 1. The molecule has 6 nitrogen and oxygen atoms in total. The van der Waals surface area contributed by atoms with Crippen LogP contribution < -0.4 is 0 Å². The average molecular weight is 480 g/mol. The van der Waals surface area contributed by atoms with Crippen LogP contribution in [0.1, 0.15) is 25.0 Å². The molecule has 2 saturated heterocycles. The van der Waals surface area contributed by atoms with Gasteiger partial charge < -0.3 is 4.90 Å². The third kappa shape index (κ3) is 4.37. The first kappa shape index (κ1) is 22.3. The molecule has 4 rings (SSSR count). The minimum absolute atomic E-state index is 0.00399. The highest BCUT2D eigenvalue weighted by Gasteiger charge is 2.49. The number of nitrogens with zero attached hydrogens (tertiary/aromatic N) is 3. The van der Waals surface area contributed by atoms with Gasteiger partial charge in [-0.1, -0.05) is 35.3 Å². The molecule has 1 aromatic carbocycles. The van der Waals surface area contributed by atoms with E-state index in [-0.39, 0.29) is 32.8 Å². The summed E-state index contributed by atoms with van der Waals surface area (Å²) in [6, 6.07) is 8.63. The fourth-order valence-corrected chi connectivity index (χ4v) is 7.12. The van der Waals surface area contributed by atoms with Crippen LogP contribution in [0, 0.1) is 5.92 Å². The fourth-order valence-electron chi connectivity index (χ4n) is 4.52. The largest absolute Gasteiger partial charge is 0.335 e. The van der Waals surface area contributed by atoms with Gasteiger partial charge in [0.25, 0.3) is 0 Å². The van der Waals surface area contributed by atoms with Crippen molar-refractivity contribution in [1.82, 2.24) is 14.2 Å². The summed E-state index contributed by atoms with van der Waals surface area (Å²) in [5, 5.41) is 0.462. The molecule has 0 unspecified atom stereocenters. The molecule has 1 aromatic heterocycles. The monoisotopic (exact) mass is 479 g/mol. The summed E-state index contributed by atoms with van der Waals surface area (Å²) < 4.78 is 28.8. The summed E-state index contributed by atoms with van der Waals surface area (Å²) in [6.07, 6.45) is 5.33. The minimum Gasteiger partial charge on any atom is -0.335 e. The molecule has 2 bridgehead atoms. The van der Waals surface area contributed by atoms with E-state index in [0.717, 1.165) is 12.1 Å². The van der Waals surface area contributed by atoms with E-state index >= 15 is 0 Å². The minimum atomic E-state index is -4.01. The Morgan fingerprint density at radius 2 is 1.90 bits per heavy atom. The van der Waals surface area contributed by atoms with Crippen molar-refractivity contribution in [3.05, 3.63) is 71.0 Å². The average Bonchev–Trinajstić information content (AvgIpc) is 2.81. The van der Waals surface area contributed by atoms with Crippen molar-refractivity contribution in [2.24, 2.45) is 5.92 Å². The van der Waals surface area contributed by atoms with E-state index in [1.165, 1.54) is 22.5 Å².